The molecular formula is C34H40FN5O8S. The fraction of sp³-hybridized carbons (Fsp3) is 0.500. The Balaban J connectivity index is 1.25. The summed E-state index contributed by atoms with van der Waals surface area (Å²) in [5, 5.41) is 16.6. The van der Waals surface area contributed by atoms with Crippen molar-refractivity contribution < 1.29 is 41.6 Å². The maximum absolute atomic E-state index is 15.7. The molecule has 3 aromatic rings. The van der Waals surface area contributed by atoms with Gasteiger partial charge in [-0.1, -0.05) is 17.3 Å². The van der Waals surface area contributed by atoms with Crippen LogP contribution in [0.15, 0.2) is 45.8 Å². The molecule has 3 aliphatic carbocycles. The van der Waals surface area contributed by atoms with E-state index < -0.39 is 72.1 Å². The summed E-state index contributed by atoms with van der Waals surface area (Å²) in [6.45, 7) is 6.72. The van der Waals surface area contributed by atoms with Gasteiger partial charge in [-0.25, -0.2) is 12.8 Å². The van der Waals surface area contributed by atoms with E-state index in [1.165, 1.54) is 18.7 Å². The number of aromatic nitrogens is 2. The summed E-state index contributed by atoms with van der Waals surface area (Å²) >= 11 is 0. The minimum Gasteiger partial charge on any atom is -0.491 e. The number of sulfone groups is 1. The lowest BCUT2D eigenvalue weighted by Gasteiger charge is -2.52. The number of anilines is 1. The molecule has 0 unspecified atom stereocenters. The number of hydrogen-bond donors (Lipinski definition) is 3. The number of amides is 2. The van der Waals surface area contributed by atoms with Crippen LogP contribution in [0.25, 0.3) is 0 Å². The Bertz CT molecular complexity index is 1900. The van der Waals surface area contributed by atoms with Gasteiger partial charge in [0.2, 0.25) is 11.8 Å². The van der Waals surface area contributed by atoms with Crippen LogP contribution in [0.2, 0.25) is 0 Å². The summed E-state index contributed by atoms with van der Waals surface area (Å²) in [6, 6.07) is 7.47. The van der Waals surface area contributed by atoms with Crippen LogP contribution in [-0.4, -0.2) is 64.9 Å². The lowest BCUT2D eigenvalue weighted by atomic mass is 9.57. The highest BCUT2D eigenvalue weighted by Crippen LogP contribution is 2.53. The molecule has 49 heavy (non-hydrogen) atoms. The Labute approximate surface area is 283 Å². The van der Waals surface area contributed by atoms with Crippen molar-refractivity contribution in [3.8, 4) is 5.75 Å². The van der Waals surface area contributed by atoms with Gasteiger partial charge in [-0.05, 0) is 96.0 Å². The second-order valence-corrected chi connectivity index (χ2v) is 16.3. The number of hydrogen-bond acceptors (Lipinski definition) is 10. The molecule has 2 amide bonds. The zero-order valence-electron chi connectivity index (χ0n) is 27.8. The molecule has 0 spiro atoms. The fourth-order valence-electron chi connectivity index (χ4n) is 6.98. The van der Waals surface area contributed by atoms with Gasteiger partial charge in [-0.2, -0.15) is 4.98 Å². The van der Waals surface area contributed by atoms with Crippen LogP contribution in [-0.2, 0) is 36.8 Å². The topological polar surface area (TPSA) is 195 Å². The van der Waals surface area contributed by atoms with Gasteiger partial charge in [-0.15, -0.1) is 0 Å². The second kappa shape index (κ2) is 12.2. The van der Waals surface area contributed by atoms with E-state index in [1.54, 1.807) is 24.3 Å². The summed E-state index contributed by atoms with van der Waals surface area (Å²) in [6.07, 6.45) is 3.26. The maximum atomic E-state index is 15.7. The predicted molar refractivity (Wildman–Crippen MR) is 174 cm³/mol. The Morgan fingerprint density at radius 3 is 2.37 bits per heavy atom. The van der Waals surface area contributed by atoms with Crippen molar-refractivity contribution in [3.63, 3.8) is 0 Å². The first-order chi connectivity index (χ1) is 23.0. The van der Waals surface area contributed by atoms with Crippen molar-refractivity contribution in [1.82, 2.24) is 15.5 Å². The predicted octanol–water partition coefficient (Wildman–Crippen LogP) is 3.78. The zero-order chi connectivity index (χ0) is 35.5. The van der Waals surface area contributed by atoms with Crippen LogP contribution in [0.5, 0.6) is 5.75 Å². The van der Waals surface area contributed by atoms with E-state index in [9.17, 15) is 27.9 Å². The van der Waals surface area contributed by atoms with Crippen molar-refractivity contribution in [3.05, 3.63) is 65.1 Å². The van der Waals surface area contributed by atoms with E-state index in [0.717, 1.165) is 12.1 Å². The van der Waals surface area contributed by atoms with Crippen molar-refractivity contribution in [2.75, 3.05) is 10.7 Å². The molecule has 0 radical (unpaired) electrons. The molecule has 3 saturated carbocycles. The van der Waals surface area contributed by atoms with E-state index in [0.29, 0.717) is 55.7 Å². The number of halogens is 1. The molecule has 1 aliphatic heterocycles. The Hall–Kier alpha value is -4.37. The fourth-order valence-corrected chi connectivity index (χ4v) is 8.54. The van der Waals surface area contributed by atoms with Gasteiger partial charge in [0.05, 0.1) is 40.6 Å². The number of aliphatic carboxylic acids is 1. The lowest BCUT2D eigenvalue weighted by Crippen LogP contribution is -2.58. The van der Waals surface area contributed by atoms with E-state index in [4.69, 9.17) is 15.0 Å². The number of carboxylic acid groups (broad SMARTS) is 1. The lowest BCUT2D eigenvalue weighted by molar-refractivity contribution is -0.142. The third kappa shape index (κ3) is 6.29. The Kier molecular flexibility index (Phi) is 8.58. The van der Waals surface area contributed by atoms with Gasteiger partial charge in [0, 0.05) is 11.0 Å². The van der Waals surface area contributed by atoms with Gasteiger partial charge >= 0.3 is 5.97 Å². The summed E-state index contributed by atoms with van der Waals surface area (Å²) in [5.41, 5.74) is 3.72. The first kappa shape index (κ1) is 34.5. The highest BCUT2D eigenvalue weighted by atomic mass is 32.2. The quantitative estimate of drug-likeness (QED) is 0.294. The van der Waals surface area contributed by atoms with Gasteiger partial charge in [0.1, 0.15) is 17.0 Å². The van der Waals surface area contributed by atoms with Crippen LogP contribution < -0.4 is 20.7 Å². The monoisotopic (exact) mass is 697 g/mol. The molecule has 0 saturated heterocycles. The molecule has 2 bridgehead atoms. The number of nitrogens with two attached hydrogens (primary N) is 1. The number of carbonyl (C=O) groups is 3. The molecule has 262 valence electrons. The molecule has 13 nitrogen and oxygen atoms in total. The third-order valence-electron chi connectivity index (χ3n) is 10.1. The van der Waals surface area contributed by atoms with Crippen LogP contribution >= 0.6 is 0 Å². The smallest absolute Gasteiger partial charge is 0.316 e. The van der Waals surface area contributed by atoms with Crippen LogP contribution in [0.3, 0.4) is 0 Å². The molecule has 3 fully saturated rings. The number of nitrogens with one attached hydrogen (secondary N) is 1. The summed E-state index contributed by atoms with van der Waals surface area (Å²) in [4.78, 5) is 44.2. The third-order valence-corrected chi connectivity index (χ3v) is 11.9. The molecule has 7 rings (SSSR count). The maximum Gasteiger partial charge on any atom is 0.316 e. The molecule has 1 aromatic heterocycles. The number of carbonyl (C=O) groups excluding carboxylic acids is 2. The largest absolute Gasteiger partial charge is 0.491 e. The van der Waals surface area contributed by atoms with Gasteiger partial charge in [0.15, 0.2) is 15.7 Å². The summed E-state index contributed by atoms with van der Waals surface area (Å²) in [5.74, 6) is -3.13. The standard InChI is InChI=1S/C34H40FN5O8S/c1-19(2)47-21-7-5-20(6-8-21)17-40-25-15-22(23(35)16-26(25)49(45,46)18-24(36)28(40)42)27(41)38-34-12-9-33(10-13-34,11-14-34)30-37-29(39-48-30)32(3,4)31(43)44/h5-8,15-16,19,24H,9-14,17-18,36H2,1-4H3,(H,38,41)(H,43,44)/t24-,33?,34?/m0/s1. The highest BCUT2D eigenvalue weighted by molar-refractivity contribution is 7.91. The van der Waals surface area contributed by atoms with Crippen LogP contribution in [0.4, 0.5) is 10.1 Å². The molecule has 2 heterocycles. The molecular weight excluding hydrogens is 657 g/mol. The molecule has 15 heteroatoms. The number of nitrogens with zero attached hydrogens (tertiary/aromatic N) is 3. The number of ether oxygens (including phenoxy) is 1. The van der Waals surface area contributed by atoms with Crippen LogP contribution in [0, 0.1) is 5.82 Å². The van der Waals surface area contributed by atoms with Crippen LogP contribution in [0.1, 0.15) is 93.9 Å². The minimum atomic E-state index is -4.19. The number of carboxylic acids is 1. The number of rotatable bonds is 9. The van der Waals surface area contributed by atoms with Gasteiger partial charge in [0.25, 0.3) is 5.91 Å². The average molecular weight is 698 g/mol. The molecule has 4 aliphatic rings. The first-order valence-corrected chi connectivity index (χ1v) is 17.9. The average Bonchev–Trinajstić information content (AvgIpc) is 3.55. The zero-order valence-corrected chi connectivity index (χ0v) is 28.6. The van der Waals surface area contributed by atoms with Gasteiger partial charge in [-0.3, -0.25) is 14.4 Å². The molecule has 4 N–H and O–H groups in total. The normalized spacial score (nSPS) is 24.8. The highest BCUT2D eigenvalue weighted by Gasteiger charge is 2.53. The summed E-state index contributed by atoms with van der Waals surface area (Å²) in [7, 11) is -4.19. The minimum absolute atomic E-state index is 0.0477. The number of benzene rings is 2. The van der Waals surface area contributed by atoms with Crippen molar-refractivity contribution in [2.24, 2.45) is 5.73 Å². The molecule has 1 atom stereocenters. The van der Waals surface area contributed by atoms with E-state index in [2.05, 4.69) is 15.5 Å². The second-order valence-electron chi connectivity index (χ2n) is 14.3. The SMILES string of the molecule is CC(C)Oc1ccc(CN2C(=O)[C@@H](N)CS(=O)(=O)c3cc(F)c(C(=O)NC45CCC(c6nc(C(C)(C)C(=O)O)no6)(CC4)CC5)cc32)cc1. The molecule has 2 aromatic carbocycles. The van der Waals surface area contributed by atoms with Crippen molar-refractivity contribution >= 4 is 33.3 Å². The Morgan fingerprint density at radius 2 is 1.78 bits per heavy atom. The van der Waals surface area contributed by atoms with E-state index >= 15 is 4.39 Å². The van der Waals surface area contributed by atoms with E-state index in [1.807, 2.05) is 13.8 Å². The van der Waals surface area contributed by atoms with Gasteiger partial charge < -0.3 is 30.3 Å². The summed E-state index contributed by atoms with van der Waals surface area (Å²) < 4.78 is 53.5. The van der Waals surface area contributed by atoms with Crippen molar-refractivity contribution in [1.29, 1.82) is 0 Å². The van der Waals surface area contributed by atoms with Crippen molar-refractivity contribution in [2.45, 2.75) is 106 Å². The van der Waals surface area contributed by atoms with E-state index in [-0.39, 0.29) is 24.2 Å². The first-order valence-electron chi connectivity index (χ1n) is 16.2. The Morgan fingerprint density at radius 1 is 1.14 bits per heavy atom. The number of fused-ring (bicyclic) bond motifs is 4.